The highest BCUT2D eigenvalue weighted by Gasteiger charge is 2.20. The Bertz CT molecular complexity index is 552. The van der Waals surface area contributed by atoms with Gasteiger partial charge in [-0.1, -0.05) is 25.9 Å². The Balaban J connectivity index is 1.78. The Kier molecular flexibility index (Phi) is 4.22. The van der Waals surface area contributed by atoms with E-state index in [4.69, 9.17) is 4.52 Å². The fraction of sp³-hybridized carbons (Fsp3) is 0.500. The lowest BCUT2D eigenvalue weighted by molar-refractivity contribution is -0.116. The third-order valence-corrected chi connectivity index (χ3v) is 2.90. The number of aromatic nitrogens is 3. The highest BCUT2D eigenvalue weighted by Crippen LogP contribution is 2.24. The van der Waals surface area contributed by atoms with E-state index in [1.807, 2.05) is 31.5 Å². The van der Waals surface area contributed by atoms with Gasteiger partial charge in [0, 0.05) is 36.8 Å². The SMILES string of the molecule is CC(C)(C)c1cc(NC(=O)CCCn2ccnc2)no1. The van der Waals surface area contributed by atoms with Gasteiger partial charge < -0.3 is 14.4 Å². The van der Waals surface area contributed by atoms with Crippen LogP contribution in [0.25, 0.3) is 0 Å². The predicted molar refractivity (Wildman–Crippen MR) is 75.3 cm³/mol. The van der Waals surface area contributed by atoms with Crippen molar-refractivity contribution in [2.75, 3.05) is 5.32 Å². The molecule has 2 aromatic heterocycles. The second kappa shape index (κ2) is 5.90. The Labute approximate surface area is 118 Å². The van der Waals surface area contributed by atoms with Crippen LogP contribution in [-0.4, -0.2) is 20.6 Å². The number of nitrogens with one attached hydrogen (secondary N) is 1. The number of carbonyl (C=O) groups excluding carboxylic acids is 1. The van der Waals surface area contributed by atoms with Crippen LogP contribution in [0.1, 0.15) is 39.4 Å². The van der Waals surface area contributed by atoms with E-state index >= 15 is 0 Å². The first-order chi connectivity index (χ1) is 9.45. The molecule has 0 unspecified atom stereocenters. The number of aryl methyl sites for hydroxylation is 1. The van der Waals surface area contributed by atoms with Gasteiger partial charge in [-0.15, -0.1) is 0 Å². The molecular formula is C14H20N4O2. The molecule has 2 rings (SSSR count). The zero-order chi connectivity index (χ0) is 14.6. The molecule has 0 fully saturated rings. The number of rotatable bonds is 5. The molecule has 6 nitrogen and oxygen atoms in total. The molecule has 108 valence electrons. The summed E-state index contributed by atoms with van der Waals surface area (Å²) >= 11 is 0. The van der Waals surface area contributed by atoms with Crippen molar-refractivity contribution in [2.24, 2.45) is 0 Å². The molecule has 2 aromatic rings. The van der Waals surface area contributed by atoms with Crippen molar-refractivity contribution in [3.63, 3.8) is 0 Å². The standard InChI is InChI=1S/C14H20N4O2/c1-14(2,3)11-9-12(17-20-11)16-13(19)5-4-7-18-8-6-15-10-18/h6,8-10H,4-5,7H2,1-3H3,(H,16,17,19). The molecule has 0 spiro atoms. The first-order valence-corrected chi connectivity index (χ1v) is 6.68. The van der Waals surface area contributed by atoms with Crippen LogP contribution in [0.15, 0.2) is 29.3 Å². The Morgan fingerprint density at radius 1 is 1.45 bits per heavy atom. The number of hydrogen-bond donors (Lipinski definition) is 1. The minimum absolute atomic E-state index is 0.0566. The molecule has 20 heavy (non-hydrogen) atoms. The molecule has 0 aliphatic heterocycles. The summed E-state index contributed by atoms with van der Waals surface area (Å²) in [6.45, 7) is 6.87. The van der Waals surface area contributed by atoms with Crippen molar-refractivity contribution in [2.45, 2.75) is 45.6 Å². The second-order valence-corrected chi connectivity index (χ2v) is 5.78. The maximum absolute atomic E-state index is 11.8. The molecule has 0 aliphatic carbocycles. The molecule has 0 radical (unpaired) electrons. The maximum atomic E-state index is 11.8. The van der Waals surface area contributed by atoms with E-state index < -0.39 is 0 Å². The van der Waals surface area contributed by atoms with E-state index in [9.17, 15) is 4.79 Å². The quantitative estimate of drug-likeness (QED) is 0.911. The topological polar surface area (TPSA) is 73.0 Å². The van der Waals surface area contributed by atoms with E-state index in [2.05, 4.69) is 15.5 Å². The first-order valence-electron chi connectivity index (χ1n) is 6.68. The average molecular weight is 276 g/mol. The predicted octanol–water partition coefficient (Wildman–Crippen LogP) is 2.59. The fourth-order valence-corrected chi connectivity index (χ4v) is 1.73. The number of nitrogens with zero attached hydrogens (tertiary/aromatic N) is 3. The van der Waals surface area contributed by atoms with Gasteiger partial charge in [-0.2, -0.15) is 0 Å². The average Bonchev–Trinajstić information content (AvgIpc) is 2.98. The molecule has 0 aromatic carbocycles. The van der Waals surface area contributed by atoms with Gasteiger partial charge in [0.2, 0.25) is 5.91 Å². The third kappa shape index (κ3) is 3.94. The summed E-state index contributed by atoms with van der Waals surface area (Å²) in [5.41, 5.74) is -0.114. The maximum Gasteiger partial charge on any atom is 0.225 e. The lowest BCUT2D eigenvalue weighted by atomic mass is 9.93. The van der Waals surface area contributed by atoms with Crippen LogP contribution in [0.3, 0.4) is 0 Å². The van der Waals surface area contributed by atoms with E-state index in [-0.39, 0.29) is 11.3 Å². The normalized spacial score (nSPS) is 11.6. The molecule has 1 N–H and O–H groups in total. The van der Waals surface area contributed by atoms with Gasteiger partial charge in [-0.3, -0.25) is 4.79 Å². The van der Waals surface area contributed by atoms with E-state index in [1.165, 1.54) is 0 Å². The molecule has 0 aliphatic rings. The Hall–Kier alpha value is -2.11. The number of imidazole rings is 1. The number of amides is 1. The number of anilines is 1. The zero-order valence-corrected chi connectivity index (χ0v) is 12.1. The van der Waals surface area contributed by atoms with Crippen LogP contribution < -0.4 is 5.32 Å². The smallest absolute Gasteiger partial charge is 0.225 e. The van der Waals surface area contributed by atoms with Crippen LogP contribution >= 0.6 is 0 Å². The lowest BCUT2D eigenvalue weighted by Crippen LogP contribution is -2.12. The minimum Gasteiger partial charge on any atom is -0.359 e. The van der Waals surface area contributed by atoms with E-state index in [0.29, 0.717) is 12.2 Å². The second-order valence-electron chi connectivity index (χ2n) is 5.78. The van der Waals surface area contributed by atoms with E-state index in [0.717, 1.165) is 18.7 Å². The van der Waals surface area contributed by atoms with Crippen molar-refractivity contribution in [1.29, 1.82) is 0 Å². The third-order valence-electron chi connectivity index (χ3n) is 2.90. The van der Waals surface area contributed by atoms with Crippen molar-refractivity contribution >= 4 is 11.7 Å². The first kappa shape index (κ1) is 14.3. The summed E-state index contributed by atoms with van der Waals surface area (Å²) in [5, 5.41) is 6.60. The molecule has 0 saturated carbocycles. The van der Waals surface area contributed by atoms with Gasteiger partial charge in [0.25, 0.3) is 0 Å². The molecular weight excluding hydrogens is 256 g/mol. The molecule has 2 heterocycles. The van der Waals surface area contributed by atoms with Crippen molar-refractivity contribution in [3.05, 3.63) is 30.5 Å². The summed E-state index contributed by atoms with van der Waals surface area (Å²) in [7, 11) is 0. The number of hydrogen-bond acceptors (Lipinski definition) is 4. The zero-order valence-electron chi connectivity index (χ0n) is 12.1. The van der Waals surface area contributed by atoms with Crippen LogP contribution in [0.4, 0.5) is 5.82 Å². The largest absolute Gasteiger partial charge is 0.359 e. The van der Waals surface area contributed by atoms with Gasteiger partial charge in [-0.25, -0.2) is 4.98 Å². The van der Waals surface area contributed by atoms with Crippen LogP contribution in [0.2, 0.25) is 0 Å². The van der Waals surface area contributed by atoms with Gasteiger partial charge in [0.05, 0.1) is 6.33 Å². The Morgan fingerprint density at radius 3 is 2.85 bits per heavy atom. The van der Waals surface area contributed by atoms with Crippen molar-refractivity contribution in [1.82, 2.24) is 14.7 Å². The highest BCUT2D eigenvalue weighted by molar-refractivity contribution is 5.89. The van der Waals surface area contributed by atoms with E-state index in [1.54, 1.807) is 18.6 Å². The highest BCUT2D eigenvalue weighted by atomic mass is 16.5. The van der Waals surface area contributed by atoms with Crippen LogP contribution in [0.5, 0.6) is 0 Å². The number of carbonyl (C=O) groups is 1. The molecule has 0 saturated heterocycles. The van der Waals surface area contributed by atoms with Gasteiger partial charge >= 0.3 is 0 Å². The Morgan fingerprint density at radius 2 is 2.25 bits per heavy atom. The van der Waals surface area contributed by atoms with Crippen LogP contribution in [0, 0.1) is 0 Å². The summed E-state index contributed by atoms with van der Waals surface area (Å²) in [4.78, 5) is 15.7. The summed E-state index contributed by atoms with van der Waals surface area (Å²) in [6, 6.07) is 1.77. The monoisotopic (exact) mass is 276 g/mol. The summed E-state index contributed by atoms with van der Waals surface area (Å²) < 4.78 is 7.16. The van der Waals surface area contributed by atoms with Crippen LogP contribution in [-0.2, 0) is 16.8 Å². The van der Waals surface area contributed by atoms with Gasteiger partial charge in [-0.05, 0) is 6.42 Å². The molecule has 0 atom stereocenters. The summed E-state index contributed by atoms with van der Waals surface area (Å²) in [6.07, 6.45) is 6.54. The molecule has 1 amide bonds. The van der Waals surface area contributed by atoms with Crippen molar-refractivity contribution < 1.29 is 9.32 Å². The molecule has 6 heteroatoms. The van der Waals surface area contributed by atoms with Gasteiger partial charge in [0.1, 0.15) is 5.76 Å². The fourth-order valence-electron chi connectivity index (χ4n) is 1.73. The molecule has 0 bridgehead atoms. The minimum atomic E-state index is -0.114. The summed E-state index contributed by atoms with van der Waals surface area (Å²) in [5.74, 6) is 1.17. The van der Waals surface area contributed by atoms with Crippen molar-refractivity contribution in [3.8, 4) is 0 Å². The van der Waals surface area contributed by atoms with Gasteiger partial charge in [0.15, 0.2) is 5.82 Å². The lowest BCUT2D eigenvalue weighted by Gasteiger charge is -2.12.